The summed E-state index contributed by atoms with van der Waals surface area (Å²) in [6.07, 6.45) is 3.25. The number of carbonyl (C=O) groups is 4. The molecule has 172 valence electrons. The van der Waals surface area contributed by atoms with Gasteiger partial charge < -0.3 is 36.5 Å². The predicted molar refractivity (Wildman–Crippen MR) is 115 cm³/mol. The lowest BCUT2D eigenvalue weighted by molar-refractivity contribution is -0.142. The SMILES string of the molecule is O=C(CNC(=O)C1CCCN1)NC(CO)C(=O)NC(Cc1c[nH]c2ccccc12)C(=O)O. The summed E-state index contributed by atoms with van der Waals surface area (Å²) >= 11 is 0. The molecule has 0 saturated carbocycles. The first-order valence-electron chi connectivity index (χ1n) is 10.4. The van der Waals surface area contributed by atoms with Crippen LogP contribution in [0.3, 0.4) is 0 Å². The molecule has 1 fully saturated rings. The average molecular weight is 445 g/mol. The second kappa shape index (κ2) is 10.7. The van der Waals surface area contributed by atoms with Gasteiger partial charge in [0.2, 0.25) is 17.7 Å². The molecule has 3 unspecified atom stereocenters. The molecule has 3 rings (SSSR count). The Hall–Kier alpha value is -3.44. The summed E-state index contributed by atoms with van der Waals surface area (Å²) in [5.74, 6) is -3.07. The average Bonchev–Trinajstić information content (AvgIpc) is 3.46. The minimum absolute atomic E-state index is 0.0155. The number of para-hydroxylation sites is 1. The van der Waals surface area contributed by atoms with Crippen LogP contribution in [-0.4, -0.2) is 76.7 Å². The predicted octanol–water partition coefficient (Wildman–Crippen LogP) is -1.37. The summed E-state index contributed by atoms with van der Waals surface area (Å²) in [5.41, 5.74) is 1.55. The van der Waals surface area contributed by atoms with Crippen LogP contribution in [0.4, 0.5) is 0 Å². The Labute approximate surface area is 183 Å². The van der Waals surface area contributed by atoms with Crippen LogP contribution in [0.1, 0.15) is 18.4 Å². The lowest BCUT2D eigenvalue weighted by Crippen LogP contribution is -2.55. The van der Waals surface area contributed by atoms with Gasteiger partial charge in [-0.05, 0) is 31.0 Å². The number of aliphatic carboxylic acids is 1. The number of amides is 3. The Morgan fingerprint density at radius 1 is 1.12 bits per heavy atom. The quantitative estimate of drug-likeness (QED) is 0.236. The normalized spacial score (nSPS) is 17.5. The highest BCUT2D eigenvalue weighted by Crippen LogP contribution is 2.19. The van der Waals surface area contributed by atoms with Crippen LogP contribution in [-0.2, 0) is 25.6 Å². The maximum Gasteiger partial charge on any atom is 0.326 e. The maximum absolute atomic E-state index is 12.5. The number of carboxylic acid groups (broad SMARTS) is 1. The van der Waals surface area contributed by atoms with Crippen molar-refractivity contribution < 1.29 is 29.4 Å². The monoisotopic (exact) mass is 445 g/mol. The number of fused-ring (bicyclic) bond motifs is 1. The number of aliphatic hydroxyl groups excluding tert-OH is 1. The van der Waals surface area contributed by atoms with Crippen molar-refractivity contribution in [3.05, 3.63) is 36.0 Å². The second-order valence-electron chi connectivity index (χ2n) is 7.63. The molecule has 1 aromatic carbocycles. The highest BCUT2D eigenvalue weighted by molar-refractivity contribution is 5.93. The van der Waals surface area contributed by atoms with Crippen molar-refractivity contribution in [2.24, 2.45) is 0 Å². The lowest BCUT2D eigenvalue weighted by atomic mass is 10.0. The van der Waals surface area contributed by atoms with Crippen LogP contribution in [0.25, 0.3) is 10.9 Å². The summed E-state index contributed by atoms with van der Waals surface area (Å²) < 4.78 is 0. The fourth-order valence-electron chi connectivity index (χ4n) is 3.63. The molecule has 0 spiro atoms. The van der Waals surface area contributed by atoms with E-state index in [2.05, 4.69) is 26.3 Å². The zero-order valence-corrected chi connectivity index (χ0v) is 17.4. The summed E-state index contributed by atoms with van der Waals surface area (Å²) in [6.45, 7) is -0.353. The van der Waals surface area contributed by atoms with Gasteiger partial charge in [0.05, 0.1) is 19.2 Å². The first-order valence-corrected chi connectivity index (χ1v) is 10.4. The van der Waals surface area contributed by atoms with Gasteiger partial charge in [0, 0.05) is 23.5 Å². The first-order chi connectivity index (χ1) is 15.4. The Bertz CT molecular complexity index is 984. The number of benzene rings is 1. The highest BCUT2D eigenvalue weighted by Gasteiger charge is 2.28. The van der Waals surface area contributed by atoms with Gasteiger partial charge in [-0.3, -0.25) is 14.4 Å². The molecule has 11 nitrogen and oxygen atoms in total. The third-order valence-corrected chi connectivity index (χ3v) is 5.35. The van der Waals surface area contributed by atoms with Crippen molar-refractivity contribution >= 4 is 34.6 Å². The lowest BCUT2D eigenvalue weighted by Gasteiger charge is -2.20. The summed E-state index contributed by atoms with van der Waals surface area (Å²) in [6, 6.07) is 4.41. The van der Waals surface area contributed by atoms with Crippen molar-refractivity contribution in [2.45, 2.75) is 37.4 Å². The molecule has 1 aromatic heterocycles. The number of aliphatic hydroxyl groups is 1. The molecule has 7 N–H and O–H groups in total. The van der Waals surface area contributed by atoms with Crippen LogP contribution >= 0.6 is 0 Å². The van der Waals surface area contributed by atoms with Crippen molar-refractivity contribution in [1.29, 1.82) is 0 Å². The molecule has 2 aromatic rings. The minimum atomic E-state index is -1.35. The van der Waals surface area contributed by atoms with E-state index >= 15 is 0 Å². The largest absolute Gasteiger partial charge is 0.480 e. The smallest absolute Gasteiger partial charge is 0.326 e. The minimum Gasteiger partial charge on any atom is -0.480 e. The molecule has 0 radical (unpaired) electrons. The van der Waals surface area contributed by atoms with Gasteiger partial charge in [-0.25, -0.2) is 4.79 Å². The van der Waals surface area contributed by atoms with E-state index in [4.69, 9.17) is 0 Å². The van der Waals surface area contributed by atoms with Gasteiger partial charge >= 0.3 is 5.97 Å². The molecule has 2 heterocycles. The van der Waals surface area contributed by atoms with E-state index in [1.54, 1.807) is 6.20 Å². The van der Waals surface area contributed by atoms with Crippen LogP contribution in [0.15, 0.2) is 30.5 Å². The number of carboxylic acids is 1. The van der Waals surface area contributed by atoms with Gasteiger partial charge in [-0.2, -0.15) is 0 Å². The molecule has 11 heteroatoms. The number of H-pyrrole nitrogens is 1. The second-order valence-corrected chi connectivity index (χ2v) is 7.63. The molecule has 3 amide bonds. The van der Waals surface area contributed by atoms with Crippen molar-refractivity contribution in [3.8, 4) is 0 Å². The summed E-state index contributed by atoms with van der Waals surface area (Å²) in [4.78, 5) is 51.3. The van der Waals surface area contributed by atoms with E-state index in [0.717, 1.165) is 23.9 Å². The van der Waals surface area contributed by atoms with Crippen molar-refractivity contribution in [3.63, 3.8) is 0 Å². The van der Waals surface area contributed by atoms with Gasteiger partial charge in [-0.1, -0.05) is 18.2 Å². The van der Waals surface area contributed by atoms with Crippen LogP contribution in [0.2, 0.25) is 0 Å². The van der Waals surface area contributed by atoms with Gasteiger partial charge in [0.25, 0.3) is 0 Å². The van der Waals surface area contributed by atoms with E-state index in [9.17, 15) is 29.4 Å². The van der Waals surface area contributed by atoms with E-state index in [0.29, 0.717) is 12.0 Å². The Balaban J connectivity index is 1.55. The molecule has 3 atom stereocenters. The number of carbonyl (C=O) groups excluding carboxylic acids is 3. The van der Waals surface area contributed by atoms with Crippen LogP contribution < -0.4 is 21.3 Å². The molecular formula is C21H27N5O6. The Morgan fingerprint density at radius 2 is 1.91 bits per heavy atom. The first kappa shape index (κ1) is 23.2. The van der Waals surface area contributed by atoms with Gasteiger partial charge in [0.15, 0.2) is 0 Å². The fraction of sp³-hybridized carbons (Fsp3) is 0.429. The number of hydrogen-bond donors (Lipinski definition) is 7. The number of aromatic amines is 1. The van der Waals surface area contributed by atoms with E-state index in [1.165, 1.54) is 0 Å². The van der Waals surface area contributed by atoms with Crippen LogP contribution in [0, 0.1) is 0 Å². The fourth-order valence-corrected chi connectivity index (χ4v) is 3.63. The Kier molecular flexibility index (Phi) is 7.79. The zero-order valence-electron chi connectivity index (χ0n) is 17.4. The van der Waals surface area contributed by atoms with Gasteiger partial charge in [0.1, 0.15) is 12.1 Å². The zero-order chi connectivity index (χ0) is 23.1. The van der Waals surface area contributed by atoms with E-state index in [1.807, 2.05) is 24.3 Å². The van der Waals surface area contributed by atoms with Crippen LogP contribution in [0.5, 0.6) is 0 Å². The topological polar surface area (TPSA) is 173 Å². The molecule has 0 aliphatic carbocycles. The number of rotatable bonds is 10. The van der Waals surface area contributed by atoms with E-state index in [-0.39, 0.29) is 24.9 Å². The number of nitrogens with one attached hydrogen (secondary N) is 5. The van der Waals surface area contributed by atoms with Gasteiger partial charge in [-0.15, -0.1) is 0 Å². The Morgan fingerprint density at radius 3 is 2.59 bits per heavy atom. The third kappa shape index (κ3) is 5.83. The standard InChI is InChI=1S/C21H27N5O6/c27-11-17(25-18(28)10-24-19(29)15-6-3-7-22-15)20(30)26-16(21(31)32)8-12-9-23-14-5-2-1-4-13(12)14/h1-2,4-5,9,15-17,22-23,27H,3,6-8,10-11H2,(H,24,29)(H,25,28)(H,26,30)(H,31,32). The molecule has 1 aliphatic rings. The highest BCUT2D eigenvalue weighted by atomic mass is 16.4. The maximum atomic E-state index is 12.5. The molecule has 1 saturated heterocycles. The van der Waals surface area contributed by atoms with E-state index < -0.39 is 36.5 Å². The molecule has 1 aliphatic heterocycles. The van der Waals surface area contributed by atoms with Crippen molar-refractivity contribution in [1.82, 2.24) is 26.3 Å². The summed E-state index contributed by atoms with van der Waals surface area (Å²) in [5, 5.41) is 30.1. The number of hydrogen-bond acceptors (Lipinski definition) is 6. The molecule has 32 heavy (non-hydrogen) atoms. The molecular weight excluding hydrogens is 418 g/mol. The number of aromatic nitrogens is 1. The molecule has 0 bridgehead atoms. The third-order valence-electron chi connectivity index (χ3n) is 5.35. The van der Waals surface area contributed by atoms with Crippen molar-refractivity contribution in [2.75, 3.05) is 19.7 Å². The summed E-state index contributed by atoms with van der Waals surface area (Å²) in [7, 11) is 0.